The minimum atomic E-state index is -0.303. The van der Waals surface area contributed by atoms with Gasteiger partial charge in [-0.05, 0) is 39.0 Å². The minimum absolute atomic E-state index is 0.0584. The van der Waals surface area contributed by atoms with Crippen LogP contribution < -0.4 is 15.2 Å². The molecule has 17 heavy (non-hydrogen) atoms. The van der Waals surface area contributed by atoms with E-state index in [1.54, 1.807) is 7.11 Å². The standard InChI is InChI=1S/C14H19NO2/c1-9(15)10-5-6-12(16-4)11-7-8-14(2,3)17-13(10)11/h5-9H,15H2,1-4H3. The third-order valence-electron chi connectivity index (χ3n) is 2.91. The third-order valence-corrected chi connectivity index (χ3v) is 2.91. The molecule has 2 rings (SSSR count). The Kier molecular flexibility index (Phi) is 2.87. The molecule has 0 radical (unpaired) electrons. The van der Waals surface area contributed by atoms with Crippen molar-refractivity contribution < 1.29 is 9.47 Å². The van der Waals surface area contributed by atoms with Gasteiger partial charge in [0.15, 0.2) is 0 Å². The Hall–Kier alpha value is -1.48. The second-order valence-corrected chi connectivity index (χ2v) is 4.93. The van der Waals surface area contributed by atoms with Crippen molar-refractivity contribution in [2.24, 2.45) is 5.73 Å². The van der Waals surface area contributed by atoms with Crippen LogP contribution in [0.1, 0.15) is 37.9 Å². The highest BCUT2D eigenvalue weighted by Gasteiger charge is 2.26. The van der Waals surface area contributed by atoms with E-state index in [0.29, 0.717) is 0 Å². The first-order valence-electron chi connectivity index (χ1n) is 5.79. The zero-order valence-corrected chi connectivity index (χ0v) is 10.8. The van der Waals surface area contributed by atoms with Gasteiger partial charge >= 0.3 is 0 Å². The fourth-order valence-corrected chi connectivity index (χ4v) is 1.99. The molecule has 1 unspecified atom stereocenters. The van der Waals surface area contributed by atoms with Crippen molar-refractivity contribution >= 4 is 6.08 Å². The summed E-state index contributed by atoms with van der Waals surface area (Å²) in [6, 6.07) is 3.85. The van der Waals surface area contributed by atoms with Crippen LogP contribution in [0.3, 0.4) is 0 Å². The minimum Gasteiger partial charge on any atom is -0.496 e. The summed E-state index contributed by atoms with van der Waals surface area (Å²) in [6.45, 7) is 6.00. The summed E-state index contributed by atoms with van der Waals surface area (Å²) in [6.07, 6.45) is 4.08. The highest BCUT2D eigenvalue weighted by atomic mass is 16.5. The lowest BCUT2D eigenvalue weighted by atomic mass is 9.97. The van der Waals surface area contributed by atoms with Crippen molar-refractivity contribution in [3.63, 3.8) is 0 Å². The van der Waals surface area contributed by atoms with Crippen LogP contribution >= 0.6 is 0 Å². The van der Waals surface area contributed by atoms with Gasteiger partial charge in [-0.2, -0.15) is 0 Å². The second-order valence-electron chi connectivity index (χ2n) is 4.93. The predicted molar refractivity (Wildman–Crippen MR) is 69.3 cm³/mol. The van der Waals surface area contributed by atoms with E-state index in [0.717, 1.165) is 22.6 Å². The number of benzene rings is 1. The van der Waals surface area contributed by atoms with Crippen LogP contribution in [0.2, 0.25) is 0 Å². The molecule has 1 aromatic carbocycles. The van der Waals surface area contributed by atoms with Gasteiger partial charge in [-0.15, -0.1) is 0 Å². The van der Waals surface area contributed by atoms with E-state index in [2.05, 4.69) is 0 Å². The van der Waals surface area contributed by atoms with Crippen molar-refractivity contribution in [3.05, 3.63) is 29.3 Å². The molecule has 3 nitrogen and oxygen atoms in total. The fraction of sp³-hybridized carbons (Fsp3) is 0.429. The number of ether oxygens (including phenoxy) is 2. The number of nitrogens with two attached hydrogens (primary N) is 1. The van der Waals surface area contributed by atoms with E-state index in [1.807, 2.05) is 45.1 Å². The van der Waals surface area contributed by atoms with Crippen LogP contribution in [-0.2, 0) is 0 Å². The molecule has 1 aromatic rings. The molecule has 0 spiro atoms. The second kappa shape index (κ2) is 4.08. The maximum atomic E-state index is 6.01. The van der Waals surface area contributed by atoms with Crippen LogP contribution in [0.5, 0.6) is 11.5 Å². The number of hydrogen-bond acceptors (Lipinski definition) is 3. The van der Waals surface area contributed by atoms with Crippen molar-refractivity contribution in [2.75, 3.05) is 7.11 Å². The van der Waals surface area contributed by atoms with Gasteiger partial charge in [-0.3, -0.25) is 0 Å². The molecule has 0 saturated carbocycles. The molecule has 0 aliphatic carbocycles. The highest BCUT2D eigenvalue weighted by molar-refractivity contribution is 5.69. The average Bonchev–Trinajstić information content (AvgIpc) is 2.25. The van der Waals surface area contributed by atoms with E-state index >= 15 is 0 Å². The summed E-state index contributed by atoms with van der Waals surface area (Å²) < 4.78 is 11.4. The zero-order valence-electron chi connectivity index (χ0n) is 10.8. The maximum Gasteiger partial charge on any atom is 0.136 e. The van der Waals surface area contributed by atoms with Gasteiger partial charge in [0.2, 0.25) is 0 Å². The first kappa shape index (κ1) is 12.0. The molecule has 1 aliphatic heterocycles. The lowest BCUT2D eigenvalue weighted by molar-refractivity contribution is 0.156. The Bertz CT molecular complexity index is 462. The van der Waals surface area contributed by atoms with Gasteiger partial charge in [-0.1, -0.05) is 6.07 Å². The van der Waals surface area contributed by atoms with E-state index in [1.165, 1.54) is 0 Å². The van der Waals surface area contributed by atoms with Crippen molar-refractivity contribution in [2.45, 2.75) is 32.4 Å². The molecule has 1 aliphatic rings. The van der Waals surface area contributed by atoms with E-state index in [4.69, 9.17) is 15.2 Å². The lowest BCUT2D eigenvalue weighted by Gasteiger charge is -2.31. The topological polar surface area (TPSA) is 44.5 Å². The summed E-state index contributed by atoms with van der Waals surface area (Å²) >= 11 is 0. The Morgan fingerprint density at radius 3 is 2.65 bits per heavy atom. The van der Waals surface area contributed by atoms with Crippen LogP contribution in [0, 0.1) is 0 Å². The average molecular weight is 233 g/mol. The monoisotopic (exact) mass is 233 g/mol. The Morgan fingerprint density at radius 2 is 2.06 bits per heavy atom. The zero-order chi connectivity index (χ0) is 12.6. The molecule has 0 saturated heterocycles. The summed E-state index contributed by atoms with van der Waals surface area (Å²) in [5, 5.41) is 0. The Morgan fingerprint density at radius 1 is 1.35 bits per heavy atom. The van der Waals surface area contributed by atoms with Gasteiger partial charge in [0.1, 0.15) is 17.1 Å². The van der Waals surface area contributed by atoms with Crippen LogP contribution in [0.25, 0.3) is 6.08 Å². The SMILES string of the molecule is COc1ccc(C(C)N)c2c1C=CC(C)(C)O2. The third kappa shape index (κ3) is 2.15. The molecule has 1 heterocycles. The van der Waals surface area contributed by atoms with Gasteiger partial charge in [0, 0.05) is 11.6 Å². The summed E-state index contributed by atoms with van der Waals surface area (Å²) in [4.78, 5) is 0. The van der Waals surface area contributed by atoms with Gasteiger partial charge in [0.25, 0.3) is 0 Å². The molecular weight excluding hydrogens is 214 g/mol. The molecular formula is C14H19NO2. The Labute approximate surface area is 102 Å². The molecule has 1 atom stereocenters. The van der Waals surface area contributed by atoms with Crippen LogP contribution in [-0.4, -0.2) is 12.7 Å². The normalized spacial score (nSPS) is 18.2. The number of hydrogen-bond donors (Lipinski definition) is 1. The van der Waals surface area contributed by atoms with Crippen molar-refractivity contribution in [1.29, 1.82) is 0 Å². The first-order valence-corrected chi connectivity index (χ1v) is 5.79. The number of methoxy groups -OCH3 is 1. The van der Waals surface area contributed by atoms with Crippen LogP contribution in [0.4, 0.5) is 0 Å². The maximum absolute atomic E-state index is 6.01. The summed E-state index contributed by atoms with van der Waals surface area (Å²) in [7, 11) is 1.66. The predicted octanol–water partition coefficient (Wildman–Crippen LogP) is 2.90. The first-order chi connectivity index (χ1) is 7.94. The smallest absolute Gasteiger partial charge is 0.136 e. The quantitative estimate of drug-likeness (QED) is 0.854. The fourth-order valence-electron chi connectivity index (χ4n) is 1.99. The van der Waals surface area contributed by atoms with Gasteiger partial charge < -0.3 is 15.2 Å². The number of fused-ring (bicyclic) bond motifs is 1. The largest absolute Gasteiger partial charge is 0.496 e. The van der Waals surface area contributed by atoms with Crippen molar-refractivity contribution in [3.8, 4) is 11.5 Å². The number of rotatable bonds is 2. The molecule has 2 N–H and O–H groups in total. The lowest BCUT2D eigenvalue weighted by Crippen LogP contribution is -2.29. The van der Waals surface area contributed by atoms with E-state index in [9.17, 15) is 0 Å². The molecule has 0 amide bonds. The van der Waals surface area contributed by atoms with Crippen molar-refractivity contribution in [1.82, 2.24) is 0 Å². The molecule has 3 heteroatoms. The van der Waals surface area contributed by atoms with E-state index in [-0.39, 0.29) is 11.6 Å². The Balaban J connectivity index is 2.61. The summed E-state index contributed by atoms with van der Waals surface area (Å²) in [5.74, 6) is 1.66. The molecule has 0 fully saturated rings. The van der Waals surface area contributed by atoms with E-state index < -0.39 is 0 Å². The molecule has 0 bridgehead atoms. The van der Waals surface area contributed by atoms with Gasteiger partial charge in [0.05, 0.1) is 12.7 Å². The molecule has 92 valence electrons. The summed E-state index contributed by atoms with van der Waals surface area (Å²) in [5.41, 5.74) is 7.66. The highest BCUT2D eigenvalue weighted by Crippen LogP contribution is 2.41. The van der Waals surface area contributed by atoms with Crippen LogP contribution in [0.15, 0.2) is 18.2 Å². The van der Waals surface area contributed by atoms with Gasteiger partial charge in [-0.25, -0.2) is 0 Å². The molecule has 0 aromatic heterocycles.